The summed E-state index contributed by atoms with van der Waals surface area (Å²) in [6.45, 7) is 1.04. The molecule has 0 radical (unpaired) electrons. The van der Waals surface area contributed by atoms with Crippen LogP contribution in [0, 0.1) is 0 Å². The molecule has 7 nitrogen and oxygen atoms in total. The van der Waals surface area contributed by atoms with Gasteiger partial charge in [-0.05, 0) is 35.4 Å². The fourth-order valence-corrected chi connectivity index (χ4v) is 2.22. The summed E-state index contributed by atoms with van der Waals surface area (Å²) in [4.78, 5) is 10.6. The second kappa shape index (κ2) is 10.7. The van der Waals surface area contributed by atoms with E-state index in [0.717, 1.165) is 16.9 Å². The molecule has 8 heteroatoms. The quantitative estimate of drug-likeness (QED) is 0.367. The summed E-state index contributed by atoms with van der Waals surface area (Å²) >= 11 is 0. The van der Waals surface area contributed by atoms with Crippen molar-refractivity contribution in [3.05, 3.63) is 47.7 Å². The van der Waals surface area contributed by atoms with Gasteiger partial charge in [-0.15, -0.1) is 24.0 Å². The molecule has 0 unspecified atom stereocenters. The summed E-state index contributed by atoms with van der Waals surface area (Å²) in [5, 5.41) is 3.11. The van der Waals surface area contributed by atoms with Crippen molar-refractivity contribution in [2.45, 2.75) is 13.1 Å². The zero-order valence-corrected chi connectivity index (χ0v) is 17.9. The summed E-state index contributed by atoms with van der Waals surface area (Å²) in [6, 6.07) is 9.63. The third kappa shape index (κ3) is 6.25. The number of guanidine groups is 1. The lowest BCUT2D eigenvalue weighted by Gasteiger charge is -2.12. The van der Waals surface area contributed by atoms with E-state index in [-0.39, 0.29) is 24.0 Å². The van der Waals surface area contributed by atoms with Crippen LogP contribution in [0.3, 0.4) is 0 Å². The van der Waals surface area contributed by atoms with Crippen LogP contribution < -0.4 is 25.4 Å². The molecule has 0 bridgehead atoms. The first-order chi connectivity index (χ1) is 12.0. The Hall–Kier alpha value is -2.23. The number of rotatable bonds is 7. The number of anilines is 1. The Morgan fingerprint density at radius 3 is 2.50 bits per heavy atom. The van der Waals surface area contributed by atoms with Crippen LogP contribution in [0.4, 0.5) is 5.82 Å². The van der Waals surface area contributed by atoms with E-state index in [1.807, 2.05) is 49.3 Å². The number of ether oxygens (including phenoxy) is 2. The number of aromatic nitrogens is 1. The van der Waals surface area contributed by atoms with E-state index in [1.54, 1.807) is 20.4 Å². The lowest BCUT2D eigenvalue weighted by Crippen LogP contribution is -2.31. The van der Waals surface area contributed by atoms with Gasteiger partial charge >= 0.3 is 0 Å². The average Bonchev–Trinajstić information content (AvgIpc) is 2.64. The summed E-state index contributed by atoms with van der Waals surface area (Å²) in [5.74, 6) is 2.66. The predicted molar refractivity (Wildman–Crippen MR) is 116 cm³/mol. The SMILES string of the molecule is COc1ccc(CN=C(N)NCc2ccnc(N(C)C)c2)cc1OC.I. The minimum atomic E-state index is 0. The Morgan fingerprint density at radius 1 is 1.12 bits per heavy atom. The lowest BCUT2D eigenvalue weighted by atomic mass is 10.2. The molecular formula is C18H26IN5O2. The fraction of sp³-hybridized carbons (Fsp3) is 0.333. The first-order valence-corrected chi connectivity index (χ1v) is 7.90. The highest BCUT2D eigenvalue weighted by atomic mass is 127. The van der Waals surface area contributed by atoms with Gasteiger partial charge in [-0.1, -0.05) is 6.07 Å². The van der Waals surface area contributed by atoms with Crippen LogP contribution in [0.5, 0.6) is 11.5 Å². The zero-order valence-electron chi connectivity index (χ0n) is 15.5. The van der Waals surface area contributed by atoms with Gasteiger partial charge in [0.15, 0.2) is 17.5 Å². The maximum Gasteiger partial charge on any atom is 0.189 e. The van der Waals surface area contributed by atoms with E-state index in [9.17, 15) is 0 Å². The van der Waals surface area contributed by atoms with Gasteiger partial charge in [0.25, 0.3) is 0 Å². The molecule has 0 aliphatic carbocycles. The number of nitrogens with one attached hydrogen (secondary N) is 1. The van der Waals surface area contributed by atoms with Gasteiger partial charge in [0.05, 0.1) is 20.8 Å². The van der Waals surface area contributed by atoms with Gasteiger partial charge in [-0.25, -0.2) is 9.98 Å². The molecule has 3 N–H and O–H groups in total. The van der Waals surface area contributed by atoms with Crippen LogP contribution in [0.2, 0.25) is 0 Å². The molecular weight excluding hydrogens is 445 g/mol. The number of halogens is 1. The minimum Gasteiger partial charge on any atom is -0.493 e. The smallest absolute Gasteiger partial charge is 0.189 e. The highest BCUT2D eigenvalue weighted by Gasteiger charge is 2.04. The second-order valence-electron chi connectivity index (χ2n) is 5.66. The van der Waals surface area contributed by atoms with Gasteiger partial charge in [-0.3, -0.25) is 0 Å². The predicted octanol–water partition coefficient (Wildman–Crippen LogP) is 2.39. The Kier molecular flexibility index (Phi) is 8.97. The van der Waals surface area contributed by atoms with Crippen LogP contribution in [0.25, 0.3) is 0 Å². The molecule has 0 amide bonds. The second-order valence-corrected chi connectivity index (χ2v) is 5.66. The zero-order chi connectivity index (χ0) is 18.2. The van der Waals surface area contributed by atoms with Crippen LogP contribution in [0.1, 0.15) is 11.1 Å². The lowest BCUT2D eigenvalue weighted by molar-refractivity contribution is 0.354. The van der Waals surface area contributed by atoms with Gasteiger partial charge < -0.3 is 25.4 Å². The molecule has 0 aliphatic heterocycles. The van der Waals surface area contributed by atoms with Crippen molar-refractivity contribution < 1.29 is 9.47 Å². The van der Waals surface area contributed by atoms with Crippen LogP contribution in [0.15, 0.2) is 41.5 Å². The van der Waals surface area contributed by atoms with Crippen molar-refractivity contribution in [1.29, 1.82) is 0 Å². The number of aliphatic imine (C=N–C) groups is 1. The number of methoxy groups -OCH3 is 2. The number of hydrogen-bond donors (Lipinski definition) is 2. The van der Waals surface area contributed by atoms with Crippen molar-refractivity contribution in [3.8, 4) is 11.5 Å². The molecule has 0 spiro atoms. The largest absolute Gasteiger partial charge is 0.493 e. The van der Waals surface area contributed by atoms with Gasteiger partial charge in [0, 0.05) is 26.8 Å². The maximum atomic E-state index is 5.95. The van der Waals surface area contributed by atoms with Gasteiger partial charge in [0.1, 0.15) is 5.82 Å². The van der Waals surface area contributed by atoms with E-state index < -0.39 is 0 Å². The molecule has 2 rings (SSSR count). The van der Waals surface area contributed by atoms with Gasteiger partial charge in [-0.2, -0.15) is 0 Å². The highest BCUT2D eigenvalue weighted by Crippen LogP contribution is 2.27. The third-order valence-electron chi connectivity index (χ3n) is 3.62. The summed E-state index contributed by atoms with van der Waals surface area (Å²) in [5.41, 5.74) is 8.02. The molecule has 0 fully saturated rings. The van der Waals surface area contributed by atoms with Crippen molar-refractivity contribution in [2.75, 3.05) is 33.2 Å². The van der Waals surface area contributed by atoms with Crippen molar-refractivity contribution in [3.63, 3.8) is 0 Å². The molecule has 0 aliphatic rings. The standard InChI is InChI=1S/C18H25N5O2.HI/c1-23(2)17-10-14(7-8-20-17)12-22-18(19)21-11-13-5-6-15(24-3)16(9-13)25-4;/h5-10H,11-12H2,1-4H3,(H3,19,21,22);1H. The minimum absolute atomic E-state index is 0. The van der Waals surface area contributed by atoms with Gasteiger partial charge in [0.2, 0.25) is 0 Å². The Labute approximate surface area is 171 Å². The number of benzene rings is 1. The first kappa shape index (κ1) is 21.8. The Balaban J connectivity index is 0.00000338. The molecule has 0 saturated heterocycles. The molecule has 142 valence electrons. The van der Waals surface area contributed by atoms with Crippen molar-refractivity contribution >= 4 is 35.8 Å². The molecule has 1 aromatic carbocycles. The van der Waals surface area contributed by atoms with Crippen molar-refractivity contribution in [1.82, 2.24) is 10.3 Å². The van der Waals surface area contributed by atoms with E-state index >= 15 is 0 Å². The monoisotopic (exact) mass is 471 g/mol. The fourth-order valence-electron chi connectivity index (χ4n) is 2.22. The number of nitrogens with two attached hydrogens (primary N) is 1. The molecule has 2 aromatic rings. The number of pyridine rings is 1. The van der Waals surface area contributed by atoms with Crippen LogP contribution in [-0.4, -0.2) is 39.3 Å². The highest BCUT2D eigenvalue weighted by molar-refractivity contribution is 14.0. The van der Waals surface area contributed by atoms with E-state index in [2.05, 4.69) is 15.3 Å². The van der Waals surface area contributed by atoms with E-state index in [1.165, 1.54) is 0 Å². The Morgan fingerprint density at radius 2 is 1.85 bits per heavy atom. The Bertz CT molecular complexity index is 737. The van der Waals surface area contributed by atoms with Crippen molar-refractivity contribution in [2.24, 2.45) is 10.7 Å². The summed E-state index contributed by atoms with van der Waals surface area (Å²) in [7, 11) is 7.13. The summed E-state index contributed by atoms with van der Waals surface area (Å²) < 4.78 is 10.5. The maximum absolute atomic E-state index is 5.95. The number of hydrogen-bond acceptors (Lipinski definition) is 5. The first-order valence-electron chi connectivity index (χ1n) is 7.90. The molecule has 0 saturated carbocycles. The van der Waals surface area contributed by atoms with E-state index in [0.29, 0.717) is 30.5 Å². The number of nitrogens with zero attached hydrogens (tertiary/aromatic N) is 3. The molecule has 1 heterocycles. The average molecular weight is 471 g/mol. The third-order valence-corrected chi connectivity index (χ3v) is 3.62. The normalized spacial score (nSPS) is 10.7. The van der Waals surface area contributed by atoms with E-state index in [4.69, 9.17) is 15.2 Å². The molecule has 26 heavy (non-hydrogen) atoms. The molecule has 0 atom stereocenters. The summed E-state index contributed by atoms with van der Waals surface area (Å²) in [6.07, 6.45) is 1.78. The topological polar surface area (TPSA) is 85.0 Å². The molecule has 1 aromatic heterocycles. The van der Waals surface area contributed by atoms with Crippen LogP contribution in [-0.2, 0) is 13.1 Å². The van der Waals surface area contributed by atoms with Crippen LogP contribution >= 0.6 is 24.0 Å².